The van der Waals surface area contributed by atoms with Crippen molar-refractivity contribution in [1.82, 2.24) is 5.43 Å². The lowest BCUT2D eigenvalue weighted by Crippen LogP contribution is -2.24. The van der Waals surface area contributed by atoms with Gasteiger partial charge in [0.1, 0.15) is 5.75 Å². The highest BCUT2D eigenvalue weighted by atomic mass is 35.5. The Kier molecular flexibility index (Phi) is 6.94. The molecule has 0 bridgehead atoms. The normalized spacial score (nSPS) is 11.0. The van der Waals surface area contributed by atoms with Crippen LogP contribution in [0.5, 0.6) is 11.5 Å². The first-order valence-electron chi connectivity index (χ1n) is 8.41. The summed E-state index contributed by atoms with van der Waals surface area (Å²) in [6.07, 6.45) is 1.07. The summed E-state index contributed by atoms with van der Waals surface area (Å²) in [5.74, 6) is -0.185. The van der Waals surface area contributed by atoms with Crippen LogP contribution in [0.15, 0.2) is 35.4 Å². The number of carbonyl (C=O) groups is 1. The quantitative estimate of drug-likeness (QED) is 0.411. The summed E-state index contributed by atoms with van der Waals surface area (Å²) in [5.41, 5.74) is 3.68. The van der Waals surface area contributed by atoms with Gasteiger partial charge >= 0.3 is 5.69 Å². The highest BCUT2D eigenvalue weighted by Gasteiger charge is 2.17. The second-order valence-electron chi connectivity index (χ2n) is 6.38. The molecule has 9 heteroatoms. The van der Waals surface area contributed by atoms with Gasteiger partial charge in [-0.1, -0.05) is 37.6 Å². The molecular formula is C19H20ClN3O5. The number of nitrogens with one attached hydrogen (secondary N) is 1. The van der Waals surface area contributed by atoms with Crippen molar-refractivity contribution in [2.45, 2.75) is 26.7 Å². The van der Waals surface area contributed by atoms with E-state index in [0.29, 0.717) is 11.7 Å². The Morgan fingerprint density at radius 1 is 1.39 bits per heavy atom. The van der Waals surface area contributed by atoms with Crippen LogP contribution in [-0.4, -0.2) is 28.8 Å². The van der Waals surface area contributed by atoms with E-state index in [-0.39, 0.29) is 17.2 Å². The highest BCUT2D eigenvalue weighted by molar-refractivity contribution is 6.31. The average Bonchev–Trinajstić information content (AvgIpc) is 2.63. The average molecular weight is 406 g/mol. The maximum Gasteiger partial charge on any atom is 0.312 e. The van der Waals surface area contributed by atoms with Crippen LogP contribution in [0, 0.1) is 17.0 Å². The first kappa shape index (κ1) is 21.2. The van der Waals surface area contributed by atoms with E-state index < -0.39 is 22.3 Å². The largest absolute Gasteiger partial charge is 0.502 e. The van der Waals surface area contributed by atoms with Crippen LogP contribution in [0.25, 0.3) is 0 Å². The lowest BCUT2D eigenvalue weighted by molar-refractivity contribution is -0.385. The lowest BCUT2D eigenvalue weighted by Gasteiger charge is -2.12. The predicted octanol–water partition coefficient (Wildman–Crippen LogP) is 3.91. The molecule has 8 nitrogen and oxygen atoms in total. The first-order chi connectivity index (χ1) is 13.2. The maximum absolute atomic E-state index is 11.9. The summed E-state index contributed by atoms with van der Waals surface area (Å²) in [6, 6.07) is 8.13. The minimum absolute atomic E-state index is 0.000831. The third-order valence-corrected chi connectivity index (χ3v) is 4.13. The molecule has 2 rings (SSSR count). The van der Waals surface area contributed by atoms with Crippen LogP contribution in [-0.2, 0) is 4.79 Å². The van der Waals surface area contributed by atoms with Crippen LogP contribution in [0.1, 0.15) is 36.5 Å². The molecule has 2 N–H and O–H groups in total. The van der Waals surface area contributed by atoms with Gasteiger partial charge in [0.05, 0.1) is 11.1 Å². The van der Waals surface area contributed by atoms with Gasteiger partial charge in [-0.2, -0.15) is 5.10 Å². The van der Waals surface area contributed by atoms with Crippen LogP contribution >= 0.6 is 11.6 Å². The minimum atomic E-state index is -0.765. The van der Waals surface area contributed by atoms with Crippen molar-refractivity contribution in [2.75, 3.05) is 6.61 Å². The molecule has 0 saturated heterocycles. The van der Waals surface area contributed by atoms with E-state index in [2.05, 4.69) is 24.4 Å². The Morgan fingerprint density at radius 3 is 2.75 bits per heavy atom. The number of hydrazone groups is 1. The summed E-state index contributed by atoms with van der Waals surface area (Å²) in [5, 5.41) is 24.5. The van der Waals surface area contributed by atoms with Crippen molar-refractivity contribution < 1.29 is 19.6 Å². The third kappa shape index (κ3) is 5.43. The number of rotatable bonds is 7. The Labute approximate surface area is 166 Å². The van der Waals surface area contributed by atoms with E-state index >= 15 is 0 Å². The van der Waals surface area contributed by atoms with E-state index in [0.717, 1.165) is 23.4 Å². The molecule has 0 unspecified atom stereocenters. The van der Waals surface area contributed by atoms with Gasteiger partial charge in [0.15, 0.2) is 6.61 Å². The van der Waals surface area contributed by atoms with Crippen molar-refractivity contribution >= 4 is 29.4 Å². The topological polar surface area (TPSA) is 114 Å². The summed E-state index contributed by atoms with van der Waals surface area (Å²) in [4.78, 5) is 22.0. The Balaban J connectivity index is 2.00. The fourth-order valence-corrected chi connectivity index (χ4v) is 2.54. The molecule has 0 atom stereocenters. The Morgan fingerprint density at radius 2 is 2.11 bits per heavy atom. The number of nitro benzene ring substituents is 1. The molecule has 0 aliphatic rings. The van der Waals surface area contributed by atoms with E-state index in [1.165, 1.54) is 6.07 Å². The number of amides is 1. The predicted molar refractivity (Wildman–Crippen MR) is 106 cm³/mol. The first-order valence-corrected chi connectivity index (χ1v) is 8.79. The number of carbonyl (C=O) groups excluding carboxylic acids is 1. The van der Waals surface area contributed by atoms with Crippen molar-refractivity contribution in [3.05, 3.63) is 62.2 Å². The second-order valence-corrected chi connectivity index (χ2v) is 6.82. The third-order valence-electron chi connectivity index (χ3n) is 3.91. The van der Waals surface area contributed by atoms with Gasteiger partial charge in [-0.25, -0.2) is 5.43 Å². The number of hydrogen-bond acceptors (Lipinski definition) is 6. The van der Waals surface area contributed by atoms with Crippen LogP contribution in [0.3, 0.4) is 0 Å². The second kappa shape index (κ2) is 9.18. The summed E-state index contributed by atoms with van der Waals surface area (Å²) >= 11 is 5.79. The molecule has 148 valence electrons. The van der Waals surface area contributed by atoms with Crippen LogP contribution in [0.2, 0.25) is 5.02 Å². The molecule has 0 aliphatic heterocycles. The van der Waals surface area contributed by atoms with Gasteiger partial charge in [-0.05, 0) is 36.1 Å². The number of nitrogens with zero attached hydrogens (tertiary/aromatic N) is 2. The molecule has 0 aromatic heterocycles. The highest BCUT2D eigenvalue weighted by Crippen LogP contribution is 2.32. The van der Waals surface area contributed by atoms with Crippen molar-refractivity contribution in [3.63, 3.8) is 0 Å². The SMILES string of the molecule is Cc1ccc(C(C)C)cc1OCC(=O)N/N=C\c1cc(Cl)cc([N+](=O)[O-])c1O. The van der Waals surface area contributed by atoms with Crippen LogP contribution in [0.4, 0.5) is 5.69 Å². The van der Waals surface area contributed by atoms with Crippen LogP contribution < -0.4 is 10.2 Å². The monoisotopic (exact) mass is 405 g/mol. The number of phenolic OH excluding ortho intramolecular Hbond substituents is 1. The van der Waals surface area contributed by atoms with E-state index in [4.69, 9.17) is 16.3 Å². The summed E-state index contributed by atoms with van der Waals surface area (Å²) < 4.78 is 5.54. The molecule has 2 aromatic carbocycles. The zero-order valence-corrected chi connectivity index (χ0v) is 16.4. The van der Waals surface area contributed by atoms with Crippen molar-refractivity contribution in [2.24, 2.45) is 5.10 Å². The minimum Gasteiger partial charge on any atom is -0.502 e. The molecule has 0 fully saturated rings. The summed E-state index contributed by atoms with van der Waals surface area (Å²) in [6.45, 7) is 5.74. The molecular weight excluding hydrogens is 386 g/mol. The fourth-order valence-electron chi connectivity index (χ4n) is 2.32. The lowest BCUT2D eigenvalue weighted by atomic mass is 10.0. The smallest absolute Gasteiger partial charge is 0.312 e. The van der Waals surface area contributed by atoms with Crippen molar-refractivity contribution in [1.29, 1.82) is 0 Å². The number of phenols is 1. The Hall–Kier alpha value is -3.13. The number of aryl methyl sites for hydroxylation is 1. The zero-order chi connectivity index (χ0) is 20.8. The molecule has 0 saturated carbocycles. The van der Waals surface area contributed by atoms with Gasteiger partial charge in [0.2, 0.25) is 5.75 Å². The number of nitro groups is 1. The number of ether oxygens (including phenoxy) is 1. The number of benzene rings is 2. The van der Waals surface area contributed by atoms with E-state index in [9.17, 15) is 20.0 Å². The van der Waals surface area contributed by atoms with E-state index in [1.54, 1.807) is 0 Å². The standard InChI is InChI=1S/C19H20ClN3O5/c1-11(2)13-5-4-12(3)17(7-13)28-10-18(24)22-21-9-14-6-15(20)8-16(19(14)25)23(26)27/h4-9,11,25H,10H2,1-3H3,(H,22,24)/b21-9-. The molecule has 0 heterocycles. The van der Waals surface area contributed by atoms with Gasteiger partial charge in [0, 0.05) is 16.7 Å². The summed E-state index contributed by atoms with van der Waals surface area (Å²) in [7, 11) is 0. The molecule has 1 amide bonds. The van der Waals surface area contributed by atoms with E-state index in [1.807, 2.05) is 25.1 Å². The van der Waals surface area contributed by atoms with Gasteiger partial charge in [-0.3, -0.25) is 14.9 Å². The number of aromatic hydroxyl groups is 1. The number of halogens is 1. The Bertz CT molecular complexity index is 928. The zero-order valence-electron chi connectivity index (χ0n) is 15.6. The molecule has 0 aliphatic carbocycles. The van der Waals surface area contributed by atoms with Gasteiger partial charge in [0.25, 0.3) is 5.91 Å². The van der Waals surface area contributed by atoms with Crippen molar-refractivity contribution in [3.8, 4) is 11.5 Å². The number of hydrogen-bond donors (Lipinski definition) is 2. The van der Waals surface area contributed by atoms with Gasteiger partial charge in [-0.15, -0.1) is 0 Å². The molecule has 28 heavy (non-hydrogen) atoms. The van der Waals surface area contributed by atoms with Gasteiger partial charge < -0.3 is 9.84 Å². The fraction of sp³-hybridized carbons (Fsp3) is 0.263. The molecule has 0 radical (unpaired) electrons. The molecule has 0 spiro atoms. The maximum atomic E-state index is 11.9. The molecule has 2 aromatic rings.